The van der Waals surface area contributed by atoms with E-state index in [2.05, 4.69) is 27.8 Å². The molecule has 0 aromatic heterocycles. The molecule has 0 rings (SSSR count). The smallest absolute Gasteiger partial charge is 0.192 e. The van der Waals surface area contributed by atoms with Crippen LogP contribution in [0.2, 0.25) is 0 Å². The predicted molar refractivity (Wildman–Crippen MR) is 81.2 cm³/mol. The van der Waals surface area contributed by atoms with Crippen molar-refractivity contribution in [1.29, 1.82) is 0 Å². The van der Waals surface area contributed by atoms with Crippen LogP contribution in [0.1, 0.15) is 13.3 Å². The number of hydrogen-bond acceptors (Lipinski definition) is 2. The third kappa shape index (κ3) is 11.8. The molecule has 0 fully saturated rings. The van der Waals surface area contributed by atoms with Crippen LogP contribution in [0.5, 0.6) is 0 Å². The molecule has 0 unspecified atom stereocenters. The van der Waals surface area contributed by atoms with Gasteiger partial charge in [-0.1, -0.05) is 5.92 Å². The number of halogens is 1. The molecule has 3 nitrogen and oxygen atoms in total. The first kappa shape index (κ1) is 17.3. The molecule has 0 aliphatic rings. The zero-order valence-corrected chi connectivity index (χ0v) is 12.5. The second-order valence-corrected chi connectivity index (χ2v) is 3.65. The highest BCUT2D eigenvalue weighted by atomic mass is 127. The van der Waals surface area contributed by atoms with Crippen molar-refractivity contribution in [3.05, 3.63) is 0 Å². The van der Waals surface area contributed by atoms with Crippen LogP contribution in [0.15, 0.2) is 4.99 Å². The van der Waals surface area contributed by atoms with E-state index in [0.29, 0.717) is 6.54 Å². The van der Waals surface area contributed by atoms with Crippen LogP contribution < -0.4 is 10.6 Å². The average Bonchev–Trinajstić information content (AvgIpc) is 2.20. The number of nitrogens with one attached hydrogen (secondary N) is 2. The van der Waals surface area contributed by atoms with E-state index in [1.165, 1.54) is 0 Å². The van der Waals surface area contributed by atoms with Crippen molar-refractivity contribution in [2.45, 2.75) is 13.3 Å². The van der Waals surface area contributed by atoms with Gasteiger partial charge in [0.25, 0.3) is 0 Å². The molecule has 0 atom stereocenters. The van der Waals surface area contributed by atoms with Gasteiger partial charge in [0.05, 0.1) is 6.54 Å². The minimum atomic E-state index is 0. The molecule has 0 aromatic rings. The maximum absolute atomic E-state index is 5.15. The van der Waals surface area contributed by atoms with Crippen molar-refractivity contribution in [2.24, 2.45) is 4.99 Å². The van der Waals surface area contributed by atoms with E-state index in [1.807, 2.05) is 18.7 Å². The van der Waals surface area contributed by atoms with Gasteiger partial charge in [-0.25, -0.2) is 0 Å². The van der Waals surface area contributed by atoms with Crippen molar-refractivity contribution in [3.63, 3.8) is 0 Å². The summed E-state index contributed by atoms with van der Waals surface area (Å²) >= 11 is 1.84. The van der Waals surface area contributed by atoms with E-state index >= 15 is 0 Å². The van der Waals surface area contributed by atoms with Crippen molar-refractivity contribution in [1.82, 2.24) is 10.6 Å². The van der Waals surface area contributed by atoms with Gasteiger partial charge in [-0.15, -0.1) is 30.4 Å². The molecule has 0 spiro atoms. The van der Waals surface area contributed by atoms with Crippen LogP contribution in [0, 0.1) is 12.3 Å². The second kappa shape index (κ2) is 13.9. The summed E-state index contributed by atoms with van der Waals surface area (Å²) in [7, 11) is 0. The fourth-order valence-electron chi connectivity index (χ4n) is 0.876. The van der Waals surface area contributed by atoms with E-state index in [9.17, 15) is 0 Å². The van der Waals surface area contributed by atoms with Crippen LogP contribution in [0.25, 0.3) is 0 Å². The molecule has 0 aromatic carbocycles. The molecule has 15 heavy (non-hydrogen) atoms. The Morgan fingerprint density at radius 1 is 1.47 bits per heavy atom. The third-order valence-corrected chi connectivity index (χ3v) is 2.18. The van der Waals surface area contributed by atoms with E-state index < -0.39 is 0 Å². The van der Waals surface area contributed by atoms with Crippen LogP contribution in [-0.4, -0.2) is 37.6 Å². The van der Waals surface area contributed by atoms with Crippen LogP contribution >= 0.6 is 35.7 Å². The number of guanidine groups is 1. The van der Waals surface area contributed by atoms with Gasteiger partial charge in [-0.2, -0.15) is 11.8 Å². The quantitative estimate of drug-likeness (QED) is 0.253. The molecule has 0 aliphatic heterocycles. The third-order valence-electron chi connectivity index (χ3n) is 1.48. The molecule has 0 saturated carbocycles. The van der Waals surface area contributed by atoms with Gasteiger partial charge in [0.15, 0.2) is 5.96 Å². The number of hydrogen-bond donors (Lipinski definition) is 2. The van der Waals surface area contributed by atoms with Crippen LogP contribution in [0.3, 0.4) is 0 Å². The van der Waals surface area contributed by atoms with Crippen LogP contribution in [0.4, 0.5) is 0 Å². The van der Waals surface area contributed by atoms with Crippen molar-refractivity contribution in [3.8, 4) is 12.3 Å². The van der Waals surface area contributed by atoms with Crippen molar-refractivity contribution < 1.29 is 0 Å². The summed E-state index contributed by atoms with van der Waals surface area (Å²) in [4.78, 5) is 4.37. The Balaban J connectivity index is 0. The fraction of sp³-hybridized carbons (Fsp3) is 0.700. The van der Waals surface area contributed by atoms with Gasteiger partial charge in [0.1, 0.15) is 0 Å². The maximum atomic E-state index is 5.15. The summed E-state index contributed by atoms with van der Waals surface area (Å²) in [5, 5.41) is 6.17. The minimum absolute atomic E-state index is 0. The van der Waals surface area contributed by atoms with Gasteiger partial charge >= 0.3 is 0 Å². The Morgan fingerprint density at radius 3 is 2.73 bits per heavy atom. The molecule has 0 aliphatic carbocycles. The molecule has 5 heteroatoms. The minimum Gasteiger partial charge on any atom is -0.357 e. The number of nitrogens with zero attached hydrogens (tertiary/aromatic N) is 1. The van der Waals surface area contributed by atoms with Crippen LogP contribution in [-0.2, 0) is 0 Å². The zero-order valence-electron chi connectivity index (χ0n) is 9.38. The zero-order chi connectivity index (χ0) is 10.6. The van der Waals surface area contributed by atoms with Gasteiger partial charge in [0.2, 0.25) is 0 Å². The first-order valence-corrected chi connectivity index (χ1v) is 6.19. The SMILES string of the molecule is C#CCNC(=NCCCSC)NCC.I. The highest BCUT2D eigenvalue weighted by Gasteiger charge is 1.93. The molecule has 2 N–H and O–H groups in total. The summed E-state index contributed by atoms with van der Waals surface area (Å²) in [5.41, 5.74) is 0. The Kier molecular flexibility index (Phi) is 16.1. The summed E-state index contributed by atoms with van der Waals surface area (Å²) in [6.07, 6.45) is 8.36. The van der Waals surface area contributed by atoms with Gasteiger partial charge in [-0.3, -0.25) is 4.99 Å². The van der Waals surface area contributed by atoms with Crippen molar-refractivity contribution >= 4 is 41.7 Å². The maximum Gasteiger partial charge on any atom is 0.192 e. The lowest BCUT2D eigenvalue weighted by Gasteiger charge is -2.08. The predicted octanol–water partition coefficient (Wildman–Crippen LogP) is 1.55. The van der Waals surface area contributed by atoms with Gasteiger partial charge in [0, 0.05) is 13.1 Å². The average molecular weight is 341 g/mol. The Labute approximate surface area is 114 Å². The first-order valence-electron chi connectivity index (χ1n) is 4.79. The number of terminal acetylenes is 1. The molecule has 0 radical (unpaired) electrons. The highest BCUT2D eigenvalue weighted by Crippen LogP contribution is 1.94. The summed E-state index contributed by atoms with van der Waals surface area (Å²) in [5.74, 6) is 4.48. The molecular weight excluding hydrogens is 321 g/mol. The largest absolute Gasteiger partial charge is 0.357 e. The monoisotopic (exact) mass is 341 g/mol. The van der Waals surface area contributed by atoms with Gasteiger partial charge in [-0.05, 0) is 25.4 Å². The summed E-state index contributed by atoms with van der Waals surface area (Å²) in [6.45, 7) is 4.27. The summed E-state index contributed by atoms with van der Waals surface area (Å²) < 4.78 is 0. The first-order chi connectivity index (χ1) is 6.85. The van der Waals surface area contributed by atoms with Crippen molar-refractivity contribution in [2.75, 3.05) is 31.6 Å². The topological polar surface area (TPSA) is 36.4 Å². The number of thioether (sulfide) groups is 1. The molecule has 88 valence electrons. The molecule has 0 bridgehead atoms. The molecule has 0 heterocycles. The lowest BCUT2D eigenvalue weighted by atomic mass is 10.5. The van der Waals surface area contributed by atoms with E-state index in [1.54, 1.807) is 0 Å². The standard InChI is InChI=1S/C10H19N3S.HI/c1-4-7-12-10(11-5-2)13-8-6-9-14-3;/h1H,5-9H2,2-3H3,(H2,11,12,13);1H. The molecule has 0 amide bonds. The Morgan fingerprint density at radius 2 is 2.20 bits per heavy atom. The number of rotatable bonds is 6. The van der Waals surface area contributed by atoms with E-state index in [-0.39, 0.29) is 24.0 Å². The van der Waals surface area contributed by atoms with E-state index in [4.69, 9.17) is 6.42 Å². The number of aliphatic imine (C=N–C) groups is 1. The van der Waals surface area contributed by atoms with Gasteiger partial charge < -0.3 is 10.6 Å². The Hall–Kier alpha value is -0.0900. The second-order valence-electron chi connectivity index (χ2n) is 2.66. The fourth-order valence-corrected chi connectivity index (χ4v) is 1.29. The highest BCUT2D eigenvalue weighted by molar-refractivity contribution is 14.0. The molecular formula is C10H20IN3S. The Bertz CT molecular complexity index is 201. The summed E-state index contributed by atoms with van der Waals surface area (Å²) in [6, 6.07) is 0. The van der Waals surface area contributed by atoms with E-state index in [0.717, 1.165) is 31.2 Å². The lowest BCUT2D eigenvalue weighted by molar-refractivity contribution is 0.850. The molecule has 0 saturated heterocycles. The lowest BCUT2D eigenvalue weighted by Crippen LogP contribution is -2.37. The normalized spacial score (nSPS) is 10.1.